The molecular formula is C20H23F2N3O4. The van der Waals surface area contributed by atoms with Crippen molar-refractivity contribution in [2.24, 2.45) is 5.73 Å². The SMILES string of the molecule is C[C@@H](N)[C@H](NC(=O)c1ccc(-c2ccc(COCC(F)F)cc2)cc1)C(=O)NO. The summed E-state index contributed by atoms with van der Waals surface area (Å²) in [5, 5.41) is 11.2. The van der Waals surface area contributed by atoms with Crippen molar-refractivity contribution in [3.05, 3.63) is 59.7 Å². The van der Waals surface area contributed by atoms with Gasteiger partial charge in [-0.1, -0.05) is 36.4 Å². The molecule has 0 aliphatic heterocycles. The standard InChI is InChI=1S/C20H23F2N3O4/c1-12(23)18(20(27)25-28)24-19(26)16-8-6-15(7-9-16)14-4-2-13(3-5-14)10-29-11-17(21)22/h2-9,12,17-18,28H,10-11,23H2,1H3,(H,24,26)(H,25,27)/t12-,18+/m1/s1. The zero-order valence-corrected chi connectivity index (χ0v) is 15.8. The van der Waals surface area contributed by atoms with Crippen LogP contribution >= 0.6 is 0 Å². The zero-order valence-electron chi connectivity index (χ0n) is 15.8. The van der Waals surface area contributed by atoms with Crippen LogP contribution in [0.1, 0.15) is 22.8 Å². The fraction of sp³-hybridized carbons (Fsp3) is 0.300. The molecule has 0 fully saturated rings. The maximum Gasteiger partial charge on any atom is 0.267 e. The van der Waals surface area contributed by atoms with Crippen LogP contribution in [0.4, 0.5) is 8.78 Å². The van der Waals surface area contributed by atoms with Crippen LogP contribution in [0.3, 0.4) is 0 Å². The van der Waals surface area contributed by atoms with Crippen LogP contribution in [0.25, 0.3) is 11.1 Å². The first-order valence-electron chi connectivity index (χ1n) is 8.87. The van der Waals surface area contributed by atoms with Gasteiger partial charge in [-0.15, -0.1) is 0 Å². The number of hydrogen-bond donors (Lipinski definition) is 4. The normalized spacial score (nSPS) is 13.0. The molecule has 5 N–H and O–H groups in total. The van der Waals surface area contributed by atoms with E-state index >= 15 is 0 Å². The predicted octanol–water partition coefficient (Wildman–Crippen LogP) is 2.09. The molecule has 29 heavy (non-hydrogen) atoms. The first-order chi connectivity index (χ1) is 13.8. The van der Waals surface area contributed by atoms with E-state index < -0.39 is 36.9 Å². The van der Waals surface area contributed by atoms with Crippen LogP contribution in [-0.4, -0.2) is 42.1 Å². The highest BCUT2D eigenvalue weighted by Crippen LogP contribution is 2.21. The summed E-state index contributed by atoms with van der Waals surface area (Å²) in [6.07, 6.45) is -2.49. The molecule has 2 rings (SSSR count). The van der Waals surface area contributed by atoms with Gasteiger partial charge in [-0.05, 0) is 35.7 Å². The molecular weight excluding hydrogens is 384 g/mol. The maximum atomic E-state index is 12.3. The number of nitrogens with two attached hydrogens (primary N) is 1. The molecule has 9 heteroatoms. The van der Waals surface area contributed by atoms with Gasteiger partial charge >= 0.3 is 0 Å². The monoisotopic (exact) mass is 407 g/mol. The van der Waals surface area contributed by atoms with Gasteiger partial charge in [0.15, 0.2) is 0 Å². The van der Waals surface area contributed by atoms with Gasteiger partial charge in [0, 0.05) is 11.6 Å². The van der Waals surface area contributed by atoms with Gasteiger partial charge in [-0.2, -0.15) is 0 Å². The van der Waals surface area contributed by atoms with Crippen LogP contribution in [0.2, 0.25) is 0 Å². The number of carbonyl (C=O) groups is 2. The minimum atomic E-state index is -2.49. The van der Waals surface area contributed by atoms with Crippen LogP contribution in [0.5, 0.6) is 0 Å². The number of rotatable bonds is 9. The first-order valence-corrected chi connectivity index (χ1v) is 8.87. The topological polar surface area (TPSA) is 114 Å². The van der Waals surface area contributed by atoms with Crippen molar-refractivity contribution >= 4 is 11.8 Å². The van der Waals surface area contributed by atoms with Crippen molar-refractivity contribution in [1.82, 2.24) is 10.8 Å². The van der Waals surface area contributed by atoms with Crippen LogP contribution in [0, 0.1) is 0 Å². The molecule has 0 radical (unpaired) electrons. The van der Waals surface area contributed by atoms with Crippen molar-refractivity contribution in [2.45, 2.75) is 32.0 Å². The molecule has 0 aliphatic carbocycles. The molecule has 7 nitrogen and oxygen atoms in total. The first kappa shape index (κ1) is 22.4. The fourth-order valence-electron chi connectivity index (χ4n) is 2.60. The third-order valence-corrected chi connectivity index (χ3v) is 4.15. The Labute approximate surface area is 166 Å². The van der Waals surface area contributed by atoms with Crippen LogP contribution in [-0.2, 0) is 16.1 Å². The summed E-state index contributed by atoms with van der Waals surface area (Å²) < 4.78 is 29.1. The molecule has 0 spiro atoms. The molecule has 2 atom stereocenters. The quantitative estimate of drug-likeness (QED) is 0.376. The van der Waals surface area contributed by atoms with E-state index in [4.69, 9.17) is 15.7 Å². The number of hydroxylamine groups is 1. The molecule has 0 heterocycles. The van der Waals surface area contributed by atoms with E-state index in [1.165, 1.54) is 12.4 Å². The fourth-order valence-corrected chi connectivity index (χ4v) is 2.60. The summed E-state index contributed by atoms with van der Waals surface area (Å²) in [7, 11) is 0. The Morgan fingerprint density at radius 2 is 1.62 bits per heavy atom. The summed E-state index contributed by atoms with van der Waals surface area (Å²) in [4.78, 5) is 23.9. The number of alkyl halides is 2. The second kappa shape index (κ2) is 10.6. The molecule has 2 amide bonds. The van der Waals surface area contributed by atoms with E-state index in [0.717, 1.165) is 16.7 Å². The number of halogens is 2. The van der Waals surface area contributed by atoms with Gasteiger partial charge in [0.1, 0.15) is 12.6 Å². The Balaban J connectivity index is 2.02. The third-order valence-electron chi connectivity index (χ3n) is 4.15. The Kier molecular flexibility index (Phi) is 8.20. The second-order valence-corrected chi connectivity index (χ2v) is 6.47. The van der Waals surface area contributed by atoms with Gasteiger partial charge < -0.3 is 15.8 Å². The van der Waals surface area contributed by atoms with Crippen molar-refractivity contribution in [2.75, 3.05) is 6.61 Å². The van der Waals surface area contributed by atoms with E-state index in [2.05, 4.69) is 5.32 Å². The highest BCUT2D eigenvalue weighted by molar-refractivity contribution is 5.98. The van der Waals surface area contributed by atoms with Crippen molar-refractivity contribution in [3.8, 4) is 11.1 Å². The average molecular weight is 407 g/mol. The van der Waals surface area contributed by atoms with E-state index in [1.807, 2.05) is 12.1 Å². The molecule has 0 aliphatic rings. The lowest BCUT2D eigenvalue weighted by molar-refractivity contribution is -0.131. The Bertz CT molecular complexity index is 811. The molecule has 0 unspecified atom stereocenters. The summed E-state index contributed by atoms with van der Waals surface area (Å²) in [6.45, 7) is 1.03. The third kappa shape index (κ3) is 6.60. The number of ether oxygens (including phenoxy) is 1. The maximum absolute atomic E-state index is 12.3. The summed E-state index contributed by atoms with van der Waals surface area (Å²) in [6, 6.07) is 12.1. The van der Waals surface area contributed by atoms with Crippen molar-refractivity contribution in [1.29, 1.82) is 0 Å². The molecule has 156 valence electrons. The Morgan fingerprint density at radius 3 is 2.10 bits per heavy atom. The van der Waals surface area contributed by atoms with Gasteiger partial charge in [-0.3, -0.25) is 14.8 Å². The lowest BCUT2D eigenvalue weighted by atomic mass is 10.0. The number of carbonyl (C=O) groups excluding carboxylic acids is 2. The molecule has 2 aromatic carbocycles. The number of nitrogens with one attached hydrogen (secondary N) is 2. The Morgan fingerprint density at radius 1 is 1.07 bits per heavy atom. The van der Waals surface area contributed by atoms with E-state index in [9.17, 15) is 18.4 Å². The number of benzene rings is 2. The van der Waals surface area contributed by atoms with Gasteiger partial charge in [0.25, 0.3) is 18.2 Å². The van der Waals surface area contributed by atoms with E-state index in [1.54, 1.807) is 36.4 Å². The largest absolute Gasteiger partial charge is 0.371 e. The number of amides is 2. The zero-order chi connectivity index (χ0) is 21.4. The minimum Gasteiger partial charge on any atom is -0.371 e. The lowest BCUT2D eigenvalue weighted by Gasteiger charge is -2.20. The van der Waals surface area contributed by atoms with E-state index in [-0.39, 0.29) is 6.61 Å². The molecule has 2 aromatic rings. The van der Waals surface area contributed by atoms with Crippen molar-refractivity contribution < 1.29 is 28.3 Å². The second-order valence-electron chi connectivity index (χ2n) is 6.47. The summed E-state index contributed by atoms with van der Waals surface area (Å²) >= 11 is 0. The number of hydrogen-bond acceptors (Lipinski definition) is 5. The molecule has 0 aromatic heterocycles. The average Bonchev–Trinajstić information content (AvgIpc) is 2.71. The minimum absolute atomic E-state index is 0.103. The molecule has 0 saturated carbocycles. The molecule has 0 saturated heterocycles. The lowest BCUT2D eigenvalue weighted by Crippen LogP contribution is -2.54. The highest BCUT2D eigenvalue weighted by Gasteiger charge is 2.24. The van der Waals surface area contributed by atoms with Crippen molar-refractivity contribution in [3.63, 3.8) is 0 Å². The summed E-state index contributed by atoms with van der Waals surface area (Å²) in [5.74, 6) is -1.31. The van der Waals surface area contributed by atoms with E-state index in [0.29, 0.717) is 5.56 Å². The Hall–Kier alpha value is -2.88. The van der Waals surface area contributed by atoms with Crippen LogP contribution in [0.15, 0.2) is 48.5 Å². The summed E-state index contributed by atoms with van der Waals surface area (Å²) in [5.41, 5.74) is 9.96. The van der Waals surface area contributed by atoms with Gasteiger partial charge in [-0.25, -0.2) is 14.3 Å². The molecule has 0 bridgehead atoms. The van der Waals surface area contributed by atoms with Gasteiger partial charge in [0.2, 0.25) is 0 Å². The van der Waals surface area contributed by atoms with Gasteiger partial charge in [0.05, 0.1) is 6.61 Å². The predicted molar refractivity (Wildman–Crippen MR) is 102 cm³/mol. The smallest absolute Gasteiger partial charge is 0.267 e. The highest BCUT2D eigenvalue weighted by atomic mass is 19.3. The van der Waals surface area contributed by atoms with Crippen LogP contribution < -0.4 is 16.5 Å².